The van der Waals surface area contributed by atoms with Crippen LogP contribution in [0.3, 0.4) is 0 Å². The van der Waals surface area contributed by atoms with Crippen LogP contribution in [0.5, 0.6) is 0 Å². The van der Waals surface area contributed by atoms with Crippen LogP contribution in [0.2, 0.25) is 5.02 Å². The van der Waals surface area contributed by atoms with E-state index in [1.165, 1.54) is 5.56 Å². The monoisotopic (exact) mass is 324 g/mol. The largest absolute Gasteiger partial charge is 0.371 e. The molecule has 0 saturated carbocycles. The van der Waals surface area contributed by atoms with Gasteiger partial charge in [-0.15, -0.1) is 0 Å². The summed E-state index contributed by atoms with van der Waals surface area (Å²) in [4.78, 5) is 13.8. The molecule has 1 fully saturated rings. The van der Waals surface area contributed by atoms with E-state index in [-0.39, 0.29) is 5.91 Å². The van der Waals surface area contributed by atoms with E-state index in [0.29, 0.717) is 18.9 Å². The van der Waals surface area contributed by atoms with Gasteiger partial charge in [0.1, 0.15) is 0 Å². The summed E-state index contributed by atoms with van der Waals surface area (Å²) >= 11 is 6.23. The summed E-state index contributed by atoms with van der Waals surface area (Å²) in [7, 11) is 1.69. The van der Waals surface area contributed by atoms with Crippen LogP contribution in [0.15, 0.2) is 12.1 Å². The van der Waals surface area contributed by atoms with Crippen molar-refractivity contribution in [2.45, 2.75) is 32.7 Å². The number of amides is 1. The predicted octanol–water partition coefficient (Wildman–Crippen LogP) is 1.96. The molecular weight excluding hydrogens is 300 g/mol. The zero-order valence-corrected chi connectivity index (χ0v) is 14.0. The Morgan fingerprint density at radius 3 is 2.68 bits per heavy atom. The van der Waals surface area contributed by atoms with E-state index in [1.807, 2.05) is 12.1 Å². The highest BCUT2D eigenvalue weighted by atomic mass is 35.5. The molecule has 1 aliphatic heterocycles. The molecule has 0 bridgehead atoms. The van der Waals surface area contributed by atoms with Gasteiger partial charge in [0.2, 0.25) is 5.91 Å². The summed E-state index contributed by atoms with van der Waals surface area (Å²) < 4.78 is 0. The van der Waals surface area contributed by atoms with E-state index in [2.05, 4.69) is 22.6 Å². The van der Waals surface area contributed by atoms with Crippen molar-refractivity contribution in [2.24, 2.45) is 11.8 Å². The van der Waals surface area contributed by atoms with Gasteiger partial charge in [-0.05, 0) is 48.9 Å². The van der Waals surface area contributed by atoms with E-state index in [9.17, 15) is 4.79 Å². The number of nitrogens with zero attached hydrogens (tertiary/aromatic N) is 1. The van der Waals surface area contributed by atoms with E-state index in [4.69, 9.17) is 17.4 Å². The zero-order valence-electron chi connectivity index (χ0n) is 13.3. The van der Waals surface area contributed by atoms with Gasteiger partial charge in [0.05, 0.1) is 0 Å². The third kappa shape index (κ3) is 4.12. The molecule has 0 radical (unpaired) electrons. The first-order chi connectivity index (χ1) is 10.5. The number of nitrogens with two attached hydrogens (primary N) is 1. The Morgan fingerprint density at radius 1 is 1.41 bits per heavy atom. The maximum atomic E-state index is 11.5. The van der Waals surface area contributed by atoms with Crippen molar-refractivity contribution < 1.29 is 4.79 Å². The molecule has 0 unspecified atom stereocenters. The Hall–Kier alpha value is -1.30. The number of hydrogen-bond donors (Lipinski definition) is 3. The third-order valence-corrected chi connectivity index (χ3v) is 4.62. The number of hydrogen-bond acceptors (Lipinski definition) is 4. The van der Waals surface area contributed by atoms with E-state index in [0.717, 1.165) is 42.2 Å². The summed E-state index contributed by atoms with van der Waals surface area (Å²) in [6.07, 6.45) is 2.67. The van der Waals surface area contributed by atoms with Crippen molar-refractivity contribution in [3.8, 4) is 0 Å². The maximum Gasteiger partial charge on any atom is 0.220 e. The SMILES string of the molecule is CNC(=O)CC1CCN(c2cc(Cl)cc(C)c2CNN)CC1. The number of piperidine rings is 1. The van der Waals surface area contributed by atoms with Gasteiger partial charge in [0, 0.05) is 43.8 Å². The number of aryl methyl sites for hydroxylation is 1. The van der Waals surface area contributed by atoms with Crippen molar-refractivity contribution in [1.29, 1.82) is 0 Å². The van der Waals surface area contributed by atoms with Gasteiger partial charge < -0.3 is 10.2 Å². The number of rotatable bonds is 5. The fourth-order valence-corrected chi connectivity index (χ4v) is 3.38. The second kappa shape index (κ2) is 7.81. The minimum atomic E-state index is 0.130. The number of carbonyl (C=O) groups is 1. The lowest BCUT2D eigenvalue weighted by atomic mass is 9.92. The molecule has 5 nitrogen and oxygen atoms in total. The van der Waals surface area contributed by atoms with Gasteiger partial charge in [0.25, 0.3) is 0 Å². The van der Waals surface area contributed by atoms with Gasteiger partial charge in [-0.1, -0.05) is 11.6 Å². The molecule has 1 aromatic rings. The number of nitrogens with one attached hydrogen (secondary N) is 2. The lowest BCUT2D eigenvalue weighted by Crippen LogP contribution is -2.36. The summed E-state index contributed by atoms with van der Waals surface area (Å²) in [5, 5.41) is 3.45. The number of carbonyl (C=O) groups excluding carboxylic acids is 1. The molecule has 0 atom stereocenters. The van der Waals surface area contributed by atoms with Crippen LogP contribution in [-0.4, -0.2) is 26.0 Å². The fraction of sp³-hybridized carbons (Fsp3) is 0.562. The van der Waals surface area contributed by atoms with Crippen LogP contribution in [0.1, 0.15) is 30.4 Å². The number of hydrazine groups is 1. The van der Waals surface area contributed by atoms with Crippen LogP contribution in [0.25, 0.3) is 0 Å². The van der Waals surface area contributed by atoms with Crippen LogP contribution in [-0.2, 0) is 11.3 Å². The Kier molecular flexibility index (Phi) is 6.06. The minimum absolute atomic E-state index is 0.130. The molecular formula is C16H25ClN4O. The molecule has 0 aromatic heterocycles. The molecule has 1 amide bonds. The molecule has 1 aliphatic rings. The molecule has 22 heavy (non-hydrogen) atoms. The third-order valence-electron chi connectivity index (χ3n) is 4.40. The summed E-state index contributed by atoms with van der Waals surface area (Å²) in [6.45, 7) is 4.56. The molecule has 122 valence electrons. The van der Waals surface area contributed by atoms with Crippen LogP contribution in [0.4, 0.5) is 5.69 Å². The summed E-state index contributed by atoms with van der Waals surface area (Å²) in [5.74, 6) is 6.11. The number of anilines is 1. The molecule has 1 saturated heterocycles. The number of benzene rings is 1. The van der Waals surface area contributed by atoms with E-state index >= 15 is 0 Å². The van der Waals surface area contributed by atoms with Crippen molar-refractivity contribution >= 4 is 23.2 Å². The van der Waals surface area contributed by atoms with Crippen molar-refractivity contribution in [1.82, 2.24) is 10.7 Å². The predicted molar refractivity (Wildman–Crippen MR) is 90.8 cm³/mol. The fourth-order valence-electron chi connectivity index (χ4n) is 3.11. The lowest BCUT2D eigenvalue weighted by molar-refractivity contribution is -0.121. The first kappa shape index (κ1) is 17.1. The maximum absolute atomic E-state index is 11.5. The van der Waals surface area contributed by atoms with E-state index in [1.54, 1.807) is 7.05 Å². The molecule has 2 rings (SSSR count). The number of halogens is 1. The van der Waals surface area contributed by atoms with Gasteiger partial charge in [-0.2, -0.15) is 0 Å². The van der Waals surface area contributed by atoms with E-state index < -0.39 is 0 Å². The quantitative estimate of drug-likeness (QED) is 0.572. The lowest BCUT2D eigenvalue weighted by Gasteiger charge is -2.35. The van der Waals surface area contributed by atoms with Crippen molar-refractivity contribution in [3.63, 3.8) is 0 Å². The highest BCUT2D eigenvalue weighted by molar-refractivity contribution is 6.31. The van der Waals surface area contributed by atoms with Gasteiger partial charge in [-0.3, -0.25) is 16.1 Å². The molecule has 4 N–H and O–H groups in total. The first-order valence-electron chi connectivity index (χ1n) is 7.73. The zero-order chi connectivity index (χ0) is 16.1. The van der Waals surface area contributed by atoms with Crippen LogP contribution in [0, 0.1) is 12.8 Å². The highest BCUT2D eigenvalue weighted by Gasteiger charge is 2.23. The topological polar surface area (TPSA) is 70.4 Å². The minimum Gasteiger partial charge on any atom is -0.371 e. The Bertz CT molecular complexity index is 527. The van der Waals surface area contributed by atoms with Gasteiger partial charge >= 0.3 is 0 Å². The normalized spacial score (nSPS) is 15.9. The highest BCUT2D eigenvalue weighted by Crippen LogP contribution is 2.32. The van der Waals surface area contributed by atoms with Crippen LogP contribution >= 0.6 is 11.6 Å². The van der Waals surface area contributed by atoms with Gasteiger partial charge in [0.15, 0.2) is 0 Å². The molecule has 0 spiro atoms. The van der Waals surface area contributed by atoms with Crippen molar-refractivity contribution in [3.05, 3.63) is 28.3 Å². The second-order valence-corrected chi connectivity index (χ2v) is 6.35. The average Bonchev–Trinajstić information content (AvgIpc) is 2.50. The summed E-state index contributed by atoms with van der Waals surface area (Å²) in [6, 6.07) is 3.98. The average molecular weight is 325 g/mol. The summed E-state index contributed by atoms with van der Waals surface area (Å²) in [5.41, 5.74) is 6.24. The Labute approximate surface area is 137 Å². The first-order valence-corrected chi connectivity index (χ1v) is 8.11. The van der Waals surface area contributed by atoms with Crippen LogP contribution < -0.4 is 21.5 Å². The standard InChI is InChI=1S/C16H25ClN4O/c1-11-7-13(17)9-15(14(11)10-20-18)21-5-3-12(4-6-21)8-16(22)19-2/h7,9,12,20H,3-6,8,10,18H2,1-2H3,(H,19,22). The molecule has 6 heteroatoms. The molecule has 0 aliphatic carbocycles. The Morgan fingerprint density at radius 2 is 2.09 bits per heavy atom. The smallest absolute Gasteiger partial charge is 0.220 e. The Balaban J connectivity index is 2.09. The molecule has 1 aromatic carbocycles. The van der Waals surface area contributed by atoms with Crippen molar-refractivity contribution in [2.75, 3.05) is 25.0 Å². The second-order valence-electron chi connectivity index (χ2n) is 5.91. The van der Waals surface area contributed by atoms with Gasteiger partial charge in [-0.25, -0.2) is 0 Å². The molecule has 1 heterocycles.